The molecule has 2 fully saturated rings. The summed E-state index contributed by atoms with van der Waals surface area (Å²) >= 11 is 0. The number of nitrogens with one attached hydrogen (secondary N) is 1. The molecule has 2 heterocycles. The van der Waals surface area contributed by atoms with E-state index in [4.69, 9.17) is 0 Å². The van der Waals surface area contributed by atoms with Crippen molar-refractivity contribution in [3.63, 3.8) is 0 Å². The molecule has 0 bridgehead atoms. The summed E-state index contributed by atoms with van der Waals surface area (Å²) < 4.78 is 0. The van der Waals surface area contributed by atoms with Crippen molar-refractivity contribution in [3.8, 4) is 0 Å². The van der Waals surface area contributed by atoms with E-state index < -0.39 is 0 Å². The van der Waals surface area contributed by atoms with Gasteiger partial charge in [-0.05, 0) is 43.9 Å². The van der Waals surface area contributed by atoms with Crippen LogP contribution in [-0.4, -0.2) is 74.5 Å². The first kappa shape index (κ1) is 18.7. The molecule has 3 rings (SSSR count). The van der Waals surface area contributed by atoms with Crippen molar-refractivity contribution in [1.82, 2.24) is 15.1 Å². The number of rotatable bonds is 6. The molecule has 0 radical (unpaired) electrons. The fraction of sp³-hybridized carbons (Fsp3) is 0.600. The Labute approximate surface area is 156 Å². The number of carbonyl (C=O) groups excluding carboxylic acids is 2. The molecule has 6 heteroatoms. The summed E-state index contributed by atoms with van der Waals surface area (Å²) in [5.74, 6) is 0.614. The molecule has 2 unspecified atom stereocenters. The van der Waals surface area contributed by atoms with E-state index in [0.717, 1.165) is 38.9 Å². The normalized spacial score (nSPS) is 23.2. The van der Waals surface area contributed by atoms with E-state index in [9.17, 15) is 9.59 Å². The molecule has 1 aromatic carbocycles. The predicted octanol–water partition coefficient (Wildman–Crippen LogP) is 1.18. The minimum Gasteiger partial charge on any atom is -0.371 e. The lowest BCUT2D eigenvalue weighted by Crippen LogP contribution is -2.47. The van der Waals surface area contributed by atoms with E-state index >= 15 is 0 Å². The van der Waals surface area contributed by atoms with Gasteiger partial charge in [-0.25, -0.2) is 0 Å². The number of anilines is 1. The van der Waals surface area contributed by atoms with Crippen LogP contribution in [0.3, 0.4) is 0 Å². The van der Waals surface area contributed by atoms with Gasteiger partial charge in [0.05, 0.1) is 12.6 Å². The fourth-order valence-corrected chi connectivity index (χ4v) is 3.96. The minimum atomic E-state index is -0.143. The lowest BCUT2D eigenvalue weighted by molar-refractivity contribution is -0.134. The zero-order chi connectivity index (χ0) is 18.5. The number of carbonyl (C=O) groups is 2. The third-order valence-electron chi connectivity index (χ3n) is 5.43. The summed E-state index contributed by atoms with van der Waals surface area (Å²) in [6, 6.07) is 10.3. The van der Waals surface area contributed by atoms with Crippen molar-refractivity contribution in [2.24, 2.45) is 5.92 Å². The van der Waals surface area contributed by atoms with Gasteiger partial charge in [0.25, 0.3) is 0 Å². The molecule has 6 nitrogen and oxygen atoms in total. The van der Waals surface area contributed by atoms with Crippen molar-refractivity contribution < 1.29 is 9.59 Å². The first-order valence-electron chi connectivity index (χ1n) is 9.56. The Balaban J connectivity index is 1.43. The van der Waals surface area contributed by atoms with Crippen LogP contribution < -0.4 is 10.2 Å². The second-order valence-electron chi connectivity index (χ2n) is 7.60. The van der Waals surface area contributed by atoms with Gasteiger partial charge in [-0.2, -0.15) is 0 Å². The number of hydrogen-bond acceptors (Lipinski definition) is 4. The molecular formula is C20H30N4O2. The van der Waals surface area contributed by atoms with Crippen molar-refractivity contribution in [1.29, 1.82) is 0 Å². The molecule has 0 saturated carbocycles. The van der Waals surface area contributed by atoms with E-state index in [-0.39, 0.29) is 17.9 Å². The van der Waals surface area contributed by atoms with Gasteiger partial charge < -0.3 is 15.1 Å². The predicted molar refractivity (Wildman–Crippen MR) is 103 cm³/mol. The van der Waals surface area contributed by atoms with Crippen LogP contribution in [0.5, 0.6) is 0 Å². The van der Waals surface area contributed by atoms with E-state index in [1.807, 2.05) is 11.0 Å². The Kier molecular flexibility index (Phi) is 6.14. The molecule has 26 heavy (non-hydrogen) atoms. The average Bonchev–Trinajstić information content (AvgIpc) is 3.29. The SMILES string of the molecule is CN(C)C(=O)C1CCCN1CC(=O)NCC1CCN(c2ccccc2)C1. The smallest absolute Gasteiger partial charge is 0.239 e. The number of likely N-dealkylation sites (tertiary alicyclic amines) is 1. The summed E-state index contributed by atoms with van der Waals surface area (Å²) in [5.41, 5.74) is 1.25. The number of likely N-dealkylation sites (N-methyl/N-ethyl adjacent to an activating group) is 1. The Hall–Kier alpha value is -2.08. The summed E-state index contributed by atoms with van der Waals surface area (Å²) in [6.07, 6.45) is 2.92. The van der Waals surface area contributed by atoms with Crippen LogP contribution in [-0.2, 0) is 9.59 Å². The third-order valence-corrected chi connectivity index (χ3v) is 5.43. The van der Waals surface area contributed by atoms with Crippen LogP contribution in [0.1, 0.15) is 19.3 Å². The third kappa shape index (κ3) is 4.55. The van der Waals surface area contributed by atoms with Gasteiger partial charge in [0, 0.05) is 39.4 Å². The maximum atomic E-state index is 12.4. The first-order valence-corrected chi connectivity index (χ1v) is 9.56. The van der Waals surface area contributed by atoms with Gasteiger partial charge in [0.2, 0.25) is 11.8 Å². The minimum absolute atomic E-state index is 0.0293. The van der Waals surface area contributed by atoms with E-state index in [2.05, 4.69) is 34.5 Å². The van der Waals surface area contributed by atoms with Gasteiger partial charge >= 0.3 is 0 Å². The summed E-state index contributed by atoms with van der Waals surface area (Å²) in [4.78, 5) is 30.6. The zero-order valence-corrected chi connectivity index (χ0v) is 15.9. The highest BCUT2D eigenvalue weighted by atomic mass is 16.2. The maximum Gasteiger partial charge on any atom is 0.239 e. The zero-order valence-electron chi connectivity index (χ0n) is 15.9. The van der Waals surface area contributed by atoms with Crippen molar-refractivity contribution in [2.45, 2.75) is 25.3 Å². The molecule has 2 amide bonds. The standard InChI is InChI=1S/C20H30N4O2/c1-22(2)20(26)18-9-6-11-24(18)15-19(25)21-13-16-10-12-23(14-16)17-7-4-3-5-8-17/h3-5,7-8,16,18H,6,9-15H2,1-2H3,(H,21,25). The topological polar surface area (TPSA) is 55.9 Å². The number of benzene rings is 1. The maximum absolute atomic E-state index is 12.4. The Morgan fingerprint density at radius 2 is 1.92 bits per heavy atom. The van der Waals surface area contributed by atoms with Crippen LogP contribution in [0.15, 0.2) is 30.3 Å². The van der Waals surface area contributed by atoms with Crippen LogP contribution in [0.2, 0.25) is 0 Å². The molecule has 2 aliphatic heterocycles. The Bertz CT molecular complexity index is 619. The van der Waals surface area contributed by atoms with Gasteiger partial charge in [-0.1, -0.05) is 18.2 Å². The monoisotopic (exact) mass is 358 g/mol. The average molecular weight is 358 g/mol. The lowest BCUT2D eigenvalue weighted by Gasteiger charge is -2.25. The van der Waals surface area contributed by atoms with E-state index in [1.165, 1.54) is 5.69 Å². The quantitative estimate of drug-likeness (QED) is 0.830. The molecule has 0 aliphatic carbocycles. The summed E-state index contributed by atoms with van der Waals surface area (Å²) in [7, 11) is 3.55. The van der Waals surface area contributed by atoms with Crippen molar-refractivity contribution in [2.75, 3.05) is 51.7 Å². The molecular weight excluding hydrogens is 328 g/mol. The molecule has 2 atom stereocenters. The van der Waals surface area contributed by atoms with Crippen LogP contribution in [0, 0.1) is 5.92 Å². The largest absolute Gasteiger partial charge is 0.371 e. The van der Waals surface area contributed by atoms with E-state index in [0.29, 0.717) is 19.0 Å². The van der Waals surface area contributed by atoms with Gasteiger partial charge in [0.1, 0.15) is 0 Å². The second kappa shape index (κ2) is 8.54. The van der Waals surface area contributed by atoms with Crippen molar-refractivity contribution in [3.05, 3.63) is 30.3 Å². The summed E-state index contributed by atoms with van der Waals surface area (Å²) in [6.45, 7) is 3.87. The van der Waals surface area contributed by atoms with Gasteiger partial charge in [-0.3, -0.25) is 14.5 Å². The molecule has 0 aromatic heterocycles. The van der Waals surface area contributed by atoms with Crippen LogP contribution in [0.4, 0.5) is 5.69 Å². The highest BCUT2D eigenvalue weighted by Crippen LogP contribution is 2.23. The highest BCUT2D eigenvalue weighted by molar-refractivity contribution is 5.83. The van der Waals surface area contributed by atoms with Gasteiger partial charge in [0.15, 0.2) is 0 Å². The second-order valence-corrected chi connectivity index (χ2v) is 7.60. The molecule has 2 aliphatic rings. The highest BCUT2D eigenvalue weighted by Gasteiger charge is 2.33. The summed E-state index contributed by atoms with van der Waals surface area (Å²) in [5, 5.41) is 3.08. The van der Waals surface area contributed by atoms with Crippen LogP contribution in [0.25, 0.3) is 0 Å². The molecule has 142 valence electrons. The van der Waals surface area contributed by atoms with Gasteiger partial charge in [-0.15, -0.1) is 0 Å². The van der Waals surface area contributed by atoms with Crippen LogP contribution >= 0.6 is 0 Å². The number of nitrogens with zero attached hydrogens (tertiary/aromatic N) is 3. The molecule has 1 aromatic rings. The molecule has 0 spiro atoms. The number of hydrogen-bond donors (Lipinski definition) is 1. The lowest BCUT2D eigenvalue weighted by atomic mass is 10.1. The van der Waals surface area contributed by atoms with Crippen molar-refractivity contribution >= 4 is 17.5 Å². The molecule has 1 N–H and O–H groups in total. The first-order chi connectivity index (χ1) is 12.5. The van der Waals surface area contributed by atoms with E-state index in [1.54, 1.807) is 19.0 Å². The number of para-hydroxylation sites is 1. The fourth-order valence-electron chi connectivity index (χ4n) is 3.96. The molecule has 2 saturated heterocycles. The number of amides is 2. The Morgan fingerprint density at radius 1 is 1.15 bits per heavy atom. The Morgan fingerprint density at radius 3 is 2.65 bits per heavy atom.